The Hall–Kier alpha value is -3.93. The van der Waals surface area contributed by atoms with Crippen LogP contribution in [0.15, 0.2) is 65.7 Å². The molecule has 0 aliphatic carbocycles. The Balaban J connectivity index is 1.19. The second kappa shape index (κ2) is 13.7. The van der Waals surface area contributed by atoms with E-state index in [1.54, 1.807) is 31.2 Å². The first-order chi connectivity index (χ1) is 22.3. The van der Waals surface area contributed by atoms with Crippen molar-refractivity contribution >= 4 is 6.34 Å². The van der Waals surface area contributed by atoms with Gasteiger partial charge >= 0.3 is 12.4 Å². The van der Waals surface area contributed by atoms with Gasteiger partial charge in [0.2, 0.25) is 0 Å². The van der Waals surface area contributed by atoms with Crippen LogP contribution in [0, 0.1) is 0 Å². The topological polar surface area (TPSA) is 63.5 Å². The quantitative estimate of drug-likeness (QED) is 0.156. The predicted molar refractivity (Wildman–Crippen MR) is 166 cm³/mol. The van der Waals surface area contributed by atoms with Crippen molar-refractivity contribution in [1.82, 2.24) is 4.90 Å². The Labute approximate surface area is 270 Å². The molecule has 3 aromatic rings. The number of halogens is 6. The molecule has 1 N–H and O–H groups in total. The van der Waals surface area contributed by atoms with Gasteiger partial charge in [0.25, 0.3) is 5.60 Å². The fourth-order valence-corrected chi connectivity index (χ4v) is 6.08. The molecule has 6 nitrogen and oxygen atoms in total. The van der Waals surface area contributed by atoms with Gasteiger partial charge < -0.3 is 24.2 Å². The summed E-state index contributed by atoms with van der Waals surface area (Å²) in [5.74, 6) is 2.02. The molecule has 0 fully saturated rings. The third kappa shape index (κ3) is 7.02. The van der Waals surface area contributed by atoms with E-state index in [1.165, 1.54) is 6.07 Å². The molecule has 254 valence electrons. The van der Waals surface area contributed by atoms with Crippen LogP contribution in [-0.2, 0) is 17.6 Å². The van der Waals surface area contributed by atoms with Gasteiger partial charge in [-0.15, -0.1) is 0 Å². The van der Waals surface area contributed by atoms with E-state index in [0.717, 1.165) is 55.5 Å². The molecule has 0 aromatic heterocycles. The Morgan fingerprint density at radius 1 is 0.894 bits per heavy atom. The first kappa shape index (κ1) is 34.4. The first-order valence-corrected chi connectivity index (χ1v) is 15.7. The number of aliphatic hydroxyl groups is 1. The largest absolute Gasteiger partial charge is 0.494 e. The number of aliphatic imine (C=N–C) groups is 1. The number of nitrogens with zero attached hydrogens (tertiary/aromatic N) is 2. The Morgan fingerprint density at radius 3 is 2.34 bits per heavy atom. The molecule has 3 aromatic carbocycles. The molecule has 5 rings (SSSR count). The van der Waals surface area contributed by atoms with Crippen molar-refractivity contribution in [2.75, 3.05) is 32.9 Å². The number of benzene rings is 3. The van der Waals surface area contributed by atoms with Crippen molar-refractivity contribution in [3.8, 4) is 28.4 Å². The lowest BCUT2D eigenvalue weighted by molar-refractivity contribution is -0.376. The molecule has 0 bridgehead atoms. The lowest BCUT2D eigenvalue weighted by atomic mass is 9.87. The molecule has 2 heterocycles. The fraction of sp³-hybridized carbons (Fsp3) is 0.457. The van der Waals surface area contributed by atoms with Crippen molar-refractivity contribution in [2.45, 2.75) is 69.4 Å². The van der Waals surface area contributed by atoms with Crippen molar-refractivity contribution in [1.29, 1.82) is 0 Å². The van der Waals surface area contributed by atoms with E-state index in [4.69, 9.17) is 19.2 Å². The van der Waals surface area contributed by atoms with Crippen molar-refractivity contribution in [2.24, 2.45) is 4.99 Å². The maximum atomic E-state index is 13.5. The van der Waals surface area contributed by atoms with Gasteiger partial charge in [0, 0.05) is 18.7 Å². The van der Waals surface area contributed by atoms with E-state index in [9.17, 15) is 31.4 Å². The standard InChI is InChI=1S/C35H38F6N2O4/c1-3-8-24-19-27(33(44,34(36,37)38)35(39,40)41)11-13-29(24)25-9-7-10-28(20-25)45-16-6-5-15-43-22-32(4-2,42-23-43)26-12-14-30-31(21-26)47-18-17-46-30/h7,9-14,19-21,23,44H,3-6,8,15-18,22H2,1-2H3. The van der Waals surface area contributed by atoms with E-state index < -0.39 is 23.5 Å². The highest BCUT2D eigenvalue weighted by molar-refractivity contribution is 5.69. The average Bonchev–Trinajstić information content (AvgIpc) is 3.48. The maximum absolute atomic E-state index is 13.5. The molecule has 0 saturated heterocycles. The van der Waals surface area contributed by atoms with Crippen LogP contribution in [0.5, 0.6) is 17.2 Å². The van der Waals surface area contributed by atoms with E-state index in [-0.39, 0.29) is 17.5 Å². The summed E-state index contributed by atoms with van der Waals surface area (Å²) in [6, 6.07) is 15.6. The number of hydrogen-bond donors (Lipinski definition) is 1. The number of fused-ring (bicyclic) bond motifs is 1. The van der Waals surface area contributed by atoms with Crippen LogP contribution in [0.1, 0.15) is 56.2 Å². The number of alkyl halides is 6. The van der Waals surface area contributed by atoms with Gasteiger partial charge in [0.15, 0.2) is 11.5 Å². The monoisotopic (exact) mass is 664 g/mol. The second-order valence-electron chi connectivity index (χ2n) is 11.9. The molecule has 0 radical (unpaired) electrons. The van der Waals surface area contributed by atoms with Crippen LogP contribution in [0.3, 0.4) is 0 Å². The number of unbranched alkanes of at least 4 members (excludes halogenated alkanes) is 1. The number of aryl methyl sites for hydroxylation is 1. The normalized spacial score (nSPS) is 18.1. The summed E-state index contributed by atoms with van der Waals surface area (Å²) in [5, 5.41) is 9.90. The lowest BCUT2D eigenvalue weighted by Gasteiger charge is -2.33. The van der Waals surface area contributed by atoms with Crippen molar-refractivity contribution in [3.63, 3.8) is 0 Å². The SMILES string of the molecule is CCCc1cc(C(O)(C(F)(F)F)C(F)(F)F)ccc1-c1cccc(OCCCCN2C=NC(CC)(c3ccc4c(c3)OCCO4)C2)c1. The third-order valence-electron chi connectivity index (χ3n) is 8.71. The smallest absolute Gasteiger partial charge is 0.430 e. The van der Waals surface area contributed by atoms with Crippen LogP contribution >= 0.6 is 0 Å². The highest BCUT2D eigenvalue weighted by atomic mass is 19.4. The van der Waals surface area contributed by atoms with Gasteiger partial charge in [-0.2, -0.15) is 26.3 Å². The summed E-state index contributed by atoms with van der Waals surface area (Å²) in [4.78, 5) is 7.08. The minimum Gasteiger partial charge on any atom is -0.494 e. The molecule has 1 atom stereocenters. The molecule has 0 amide bonds. The van der Waals surface area contributed by atoms with E-state index >= 15 is 0 Å². The summed E-state index contributed by atoms with van der Waals surface area (Å²) < 4.78 is 98.4. The second-order valence-corrected chi connectivity index (χ2v) is 11.9. The Morgan fingerprint density at radius 2 is 1.64 bits per heavy atom. The number of hydrogen-bond acceptors (Lipinski definition) is 6. The van der Waals surface area contributed by atoms with E-state index in [1.807, 2.05) is 24.5 Å². The predicted octanol–water partition coefficient (Wildman–Crippen LogP) is 8.20. The summed E-state index contributed by atoms with van der Waals surface area (Å²) in [6.45, 7) is 6.89. The summed E-state index contributed by atoms with van der Waals surface area (Å²) in [7, 11) is 0. The van der Waals surface area contributed by atoms with Crippen LogP contribution in [0.4, 0.5) is 26.3 Å². The molecule has 47 heavy (non-hydrogen) atoms. The number of ether oxygens (including phenoxy) is 3. The van der Waals surface area contributed by atoms with Gasteiger partial charge in [-0.05, 0) is 72.2 Å². The van der Waals surface area contributed by atoms with Crippen LogP contribution in [-0.4, -0.2) is 61.6 Å². The zero-order valence-corrected chi connectivity index (χ0v) is 26.3. The van der Waals surface area contributed by atoms with Gasteiger partial charge in [-0.3, -0.25) is 4.99 Å². The summed E-state index contributed by atoms with van der Waals surface area (Å²) in [6.07, 6.45) is -6.89. The minimum absolute atomic E-state index is 0.216. The lowest BCUT2D eigenvalue weighted by Crippen LogP contribution is -2.53. The highest BCUT2D eigenvalue weighted by Crippen LogP contribution is 2.50. The van der Waals surface area contributed by atoms with Crippen LogP contribution in [0.25, 0.3) is 11.1 Å². The van der Waals surface area contributed by atoms with Gasteiger partial charge in [0.05, 0.1) is 12.9 Å². The Bertz CT molecular complexity index is 1560. The molecular weight excluding hydrogens is 626 g/mol. The molecular formula is C35H38F6N2O4. The molecule has 2 aliphatic rings. The van der Waals surface area contributed by atoms with E-state index in [0.29, 0.717) is 49.2 Å². The Kier molecular flexibility index (Phi) is 10.0. The summed E-state index contributed by atoms with van der Waals surface area (Å²) >= 11 is 0. The van der Waals surface area contributed by atoms with Crippen molar-refractivity contribution < 1.29 is 45.7 Å². The number of rotatable bonds is 12. The minimum atomic E-state index is -5.95. The molecule has 2 aliphatic heterocycles. The van der Waals surface area contributed by atoms with Crippen molar-refractivity contribution in [3.05, 3.63) is 77.4 Å². The van der Waals surface area contributed by atoms with Crippen LogP contribution < -0.4 is 14.2 Å². The van der Waals surface area contributed by atoms with Gasteiger partial charge in [0.1, 0.15) is 24.5 Å². The van der Waals surface area contributed by atoms with E-state index in [2.05, 4.69) is 11.8 Å². The molecule has 0 spiro atoms. The highest BCUT2D eigenvalue weighted by Gasteiger charge is 2.71. The molecule has 1 unspecified atom stereocenters. The average molecular weight is 665 g/mol. The fourth-order valence-electron chi connectivity index (χ4n) is 6.08. The molecule has 0 saturated carbocycles. The zero-order valence-electron chi connectivity index (χ0n) is 26.3. The maximum Gasteiger partial charge on any atom is 0.430 e. The van der Waals surface area contributed by atoms with Gasteiger partial charge in [-0.1, -0.05) is 56.7 Å². The van der Waals surface area contributed by atoms with Crippen LogP contribution in [0.2, 0.25) is 0 Å². The zero-order chi connectivity index (χ0) is 33.9. The first-order valence-electron chi connectivity index (χ1n) is 15.7. The van der Waals surface area contributed by atoms with Gasteiger partial charge in [-0.25, -0.2) is 0 Å². The third-order valence-corrected chi connectivity index (χ3v) is 8.71. The summed E-state index contributed by atoms with van der Waals surface area (Å²) in [5.41, 5.74) is -4.19. The molecule has 12 heteroatoms.